The van der Waals surface area contributed by atoms with Crippen molar-refractivity contribution in [2.75, 3.05) is 0 Å². The van der Waals surface area contributed by atoms with Crippen LogP contribution in [0.5, 0.6) is 0 Å². The Balaban J connectivity index is 2.53. The molecule has 0 aliphatic carbocycles. The molecule has 0 saturated carbocycles. The Bertz CT molecular complexity index is 219. The monoisotopic (exact) mass is 158 g/mol. The van der Waals surface area contributed by atoms with E-state index in [1.165, 1.54) is 0 Å². The zero-order valence-corrected chi connectivity index (χ0v) is 5.57. The van der Waals surface area contributed by atoms with E-state index in [0.717, 1.165) is 0 Å². The van der Waals surface area contributed by atoms with Gasteiger partial charge in [-0.1, -0.05) is 0 Å². The van der Waals surface area contributed by atoms with Crippen molar-refractivity contribution in [3.8, 4) is 0 Å². The summed E-state index contributed by atoms with van der Waals surface area (Å²) >= 11 is 0. The number of cyclic esters (lactones) is 2. The molecule has 0 radical (unpaired) electrons. The average Bonchev–Trinajstić information content (AvgIpc) is 2.09. The molecule has 5 nitrogen and oxygen atoms in total. The highest BCUT2D eigenvalue weighted by molar-refractivity contribution is 5.96. The van der Waals surface area contributed by atoms with Gasteiger partial charge in [0.05, 0.1) is 18.8 Å². The fraction of sp³-hybridized carbons (Fsp3) is 0.500. The van der Waals surface area contributed by atoms with E-state index in [9.17, 15) is 14.4 Å². The normalized spacial score (nSPS) is 23.5. The fourth-order valence-electron chi connectivity index (χ4n) is 0.888. The van der Waals surface area contributed by atoms with E-state index in [0.29, 0.717) is 0 Å². The Morgan fingerprint density at radius 1 is 1.64 bits per heavy atom. The Hall–Kier alpha value is -1.39. The minimum atomic E-state index is -1.10. The first kappa shape index (κ1) is 7.71. The van der Waals surface area contributed by atoms with Crippen LogP contribution >= 0.6 is 0 Å². The molecule has 5 heteroatoms. The van der Waals surface area contributed by atoms with E-state index in [4.69, 9.17) is 5.11 Å². The van der Waals surface area contributed by atoms with Crippen molar-refractivity contribution in [2.45, 2.75) is 12.8 Å². The molecule has 60 valence electrons. The van der Waals surface area contributed by atoms with E-state index in [1.54, 1.807) is 0 Å². The molecule has 1 heterocycles. The Labute approximate surface area is 62.0 Å². The van der Waals surface area contributed by atoms with Gasteiger partial charge < -0.3 is 9.84 Å². The summed E-state index contributed by atoms with van der Waals surface area (Å²) in [5.41, 5.74) is 0. The molecule has 0 spiro atoms. The lowest BCUT2D eigenvalue weighted by Crippen LogP contribution is -2.12. The van der Waals surface area contributed by atoms with Gasteiger partial charge in [-0.15, -0.1) is 0 Å². The van der Waals surface area contributed by atoms with E-state index < -0.39 is 23.8 Å². The number of hydrogen-bond acceptors (Lipinski definition) is 4. The van der Waals surface area contributed by atoms with E-state index >= 15 is 0 Å². The first-order valence-corrected chi connectivity index (χ1v) is 3.06. The SMILES string of the molecule is O=C(O)C[C@H]1CC(=O)OC1=O. The quantitative estimate of drug-likeness (QED) is 0.435. The van der Waals surface area contributed by atoms with Crippen LogP contribution in [0.1, 0.15) is 12.8 Å². The van der Waals surface area contributed by atoms with Crippen molar-refractivity contribution in [3.63, 3.8) is 0 Å². The van der Waals surface area contributed by atoms with Crippen LogP contribution in [0.25, 0.3) is 0 Å². The first-order valence-electron chi connectivity index (χ1n) is 3.06. The number of rotatable bonds is 2. The highest BCUT2D eigenvalue weighted by atomic mass is 16.6. The van der Waals surface area contributed by atoms with E-state index in [1.807, 2.05) is 0 Å². The molecule has 1 saturated heterocycles. The number of carbonyl (C=O) groups is 3. The van der Waals surface area contributed by atoms with Crippen LogP contribution in [0.15, 0.2) is 0 Å². The van der Waals surface area contributed by atoms with Crippen molar-refractivity contribution >= 4 is 17.9 Å². The van der Waals surface area contributed by atoms with Gasteiger partial charge in [-0.25, -0.2) is 0 Å². The van der Waals surface area contributed by atoms with Crippen LogP contribution in [0.2, 0.25) is 0 Å². The highest BCUT2D eigenvalue weighted by Gasteiger charge is 2.34. The minimum Gasteiger partial charge on any atom is -0.481 e. The second-order valence-electron chi connectivity index (χ2n) is 2.29. The molecule has 0 bridgehead atoms. The van der Waals surface area contributed by atoms with Crippen molar-refractivity contribution in [1.82, 2.24) is 0 Å². The Morgan fingerprint density at radius 2 is 2.27 bits per heavy atom. The van der Waals surface area contributed by atoms with Gasteiger partial charge in [-0.05, 0) is 0 Å². The summed E-state index contributed by atoms with van der Waals surface area (Å²) < 4.78 is 4.13. The van der Waals surface area contributed by atoms with Crippen molar-refractivity contribution < 1.29 is 24.2 Å². The lowest BCUT2D eigenvalue weighted by molar-refractivity contribution is -0.154. The van der Waals surface area contributed by atoms with Crippen LogP contribution < -0.4 is 0 Å². The second-order valence-corrected chi connectivity index (χ2v) is 2.29. The van der Waals surface area contributed by atoms with E-state index in [2.05, 4.69) is 4.74 Å². The third-order valence-electron chi connectivity index (χ3n) is 1.38. The Kier molecular flexibility index (Phi) is 1.89. The number of ether oxygens (including phenoxy) is 1. The molecule has 1 fully saturated rings. The van der Waals surface area contributed by atoms with Crippen molar-refractivity contribution in [3.05, 3.63) is 0 Å². The Morgan fingerprint density at radius 3 is 2.64 bits per heavy atom. The van der Waals surface area contributed by atoms with E-state index in [-0.39, 0.29) is 12.8 Å². The largest absolute Gasteiger partial charge is 0.481 e. The molecule has 0 amide bonds. The maximum atomic E-state index is 10.6. The number of carboxylic acids is 1. The maximum Gasteiger partial charge on any atom is 0.317 e. The smallest absolute Gasteiger partial charge is 0.317 e. The predicted molar refractivity (Wildman–Crippen MR) is 31.5 cm³/mol. The van der Waals surface area contributed by atoms with Crippen LogP contribution in [0, 0.1) is 5.92 Å². The third-order valence-corrected chi connectivity index (χ3v) is 1.38. The summed E-state index contributed by atoms with van der Waals surface area (Å²) in [6.45, 7) is 0. The summed E-state index contributed by atoms with van der Waals surface area (Å²) in [6.07, 6.45) is -0.435. The number of carboxylic acid groups (broad SMARTS) is 1. The summed E-state index contributed by atoms with van der Waals surface area (Å²) in [6, 6.07) is 0. The van der Waals surface area contributed by atoms with Crippen molar-refractivity contribution in [1.29, 1.82) is 0 Å². The predicted octanol–water partition coefficient (Wildman–Crippen LogP) is -0.449. The van der Waals surface area contributed by atoms with Gasteiger partial charge in [0, 0.05) is 0 Å². The van der Waals surface area contributed by atoms with Crippen LogP contribution in [-0.2, 0) is 19.1 Å². The molecule has 1 rings (SSSR count). The number of aliphatic carboxylic acids is 1. The molecule has 1 aliphatic rings. The third kappa shape index (κ3) is 1.76. The van der Waals surface area contributed by atoms with Gasteiger partial charge in [0.15, 0.2) is 0 Å². The van der Waals surface area contributed by atoms with Gasteiger partial charge >= 0.3 is 17.9 Å². The van der Waals surface area contributed by atoms with Gasteiger partial charge in [0.2, 0.25) is 0 Å². The summed E-state index contributed by atoms with van der Waals surface area (Å²) in [4.78, 5) is 31.1. The standard InChI is InChI=1S/C6H6O5/c7-4(8)1-3-2-5(9)11-6(3)10/h3H,1-2H2,(H,7,8)/t3-/m0/s1. The van der Waals surface area contributed by atoms with Gasteiger partial charge in [0.25, 0.3) is 0 Å². The molecule has 0 aromatic rings. The summed E-state index contributed by atoms with van der Waals surface area (Å²) in [5.74, 6) is -3.24. The second kappa shape index (κ2) is 2.69. The molecule has 1 N–H and O–H groups in total. The topological polar surface area (TPSA) is 80.7 Å². The maximum absolute atomic E-state index is 10.6. The molecule has 11 heavy (non-hydrogen) atoms. The highest BCUT2D eigenvalue weighted by Crippen LogP contribution is 2.18. The number of hydrogen-bond donors (Lipinski definition) is 1. The average molecular weight is 158 g/mol. The lowest BCUT2D eigenvalue weighted by Gasteiger charge is -1.96. The van der Waals surface area contributed by atoms with Gasteiger partial charge in [-0.3, -0.25) is 14.4 Å². The molecule has 0 aromatic carbocycles. The minimum absolute atomic E-state index is 0.106. The molecule has 0 unspecified atom stereocenters. The molecular formula is C6H6O5. The number of carbonyl (C=O) groups excluding carboxylic acids is 2. The van der Waals surface area contributed by atoms with Crippen LogP contribution in [0.4, 0.5) is 0 Å². The summed E-state index contributed by atoms with van der Waals surface area (Å²) in [5, 5.41) is 8.26. The molecular weight excluding hydrogens is 152 g/mol. The zero-order valence-electron chi connectivity index (χ0n) is 5.57. The van der Waals surface area contributed by atoms with Crippen LogP contribution in [-0.4, -0.2) is 23.0 Å². The number of esters is 2. The molecule has 0 aromatic heterocycles. The van der Waals surface area contributed by atoms with Crippen LogP contribution in [0.3, 0.4) is 0 Å². The fourth-order valence-corrected chi connectivity index (χ4v) is 0.888. The lowest BCUT2D eigenvalue weighted by atomic mass is 10.0. The summed E-state index contributed by atoms with van der Waals surface area (Å²) in [7, 11) is 0. The zero-order chi connectivity index (χ0) is 8.43. The van der Waals surface area contributed by atoms with Gasteiger partial charge in [0.1, 0.15) is 0 Å². The van der Waals surface area contributed by atoms with Crippen molar-refractivity contribution in [2.24, 2.45) is 5.92 Å². The molecule has 1 atom stereocenters. The first-order chi connectivity index (χ1) is 5.09. The van der Waals surface area contributed by atoms with Gasteiger partial charge in [-0.2, -0.15) is 0 Å². The molecule has 1 aliphatic heterocycles.